The average molecular weight is 226 g/mol. The second-order valence-corrected chi connectivity index (χ2v) is 6.58. The summed E-state index contributed by atoms with van der Waals surface area (Å²) in [5.41, 5.74) is 6.48. The van der Waals surface area contributed by atoms with Crippen molar-refractivity contribution in [2.45, 2.75) is 66.0 Å². The van der Waals surface area contributed by atoms with Crippen LogP contribution in [0.2, 0.25) is 0 Å². The van der Waals surface area contributed by atoms with E-state index in [4.69, 9.17) is 5.73 Å². The van der Waals surface area contributed by atoms with Gasteiger partial charge in [0.2, 0.25) is 0 Å². The standard InChI is InChI=1S/C14H30N2/c1-6-12-8-7-9-16(10-12)13(11(2)15)14(3,4)5/h11-13H,6-10,15H2,1-5H3. The van der Waals surface area contributed by atoms with E-state index >= 15 is 0 Å². The van der Waals surface area contributed by atoms with Crippen LogP contribution in [-0.4, -0.2) is 30.1 Å². The summed E-state index contributed by atoms with van der Waals surface area (Å²) >= 11 is 0. The molecule has 16 heavy (non-hydrogen) atoms. The lowest BCUT2D eigenvalue weighted by molar-refractivity contribution is 0.0435. The van der Waals surface area contributed by atoms with Gasteiger partial charge in [0.25, 0.3) is 0 Å². The Labute approximate surface area is 102 Å². The Kier molecular flexibility index (Phi) is 4.81. The summed E-state index contributed by atoms with van der Waals surface area (Å²) in [5.74, 6) is 0.886. The van der Waals surface area contributed by atoms with Crippen LogP contribution in [0.4, 0.5) is 0 Å². The lowest BCUT2D eigenvalue weighted by atomic mass is 9.80. The van der Waals surface area contributed by atoms with Gasteiger partial charge in [-0.3, -0.25) is 4.90 Å². The van der Waals surface area contributed by atoms with Gasteiger partial charge in [0.05, 0.1) is 0 Å². The molecule has 0 aliphatic carbocycles. The fourth-order valence-electron chi connectivity index (χ4n) is 3.35. The minimum atomic E-state index is 0.260. The van der Waals surface area contributed by atoms with Gasteiger partial charge in [-0.2, -0.15) is 0 Å². The Bertz CT molecular complexity index is 205. The zero-order valence-corrected chi connectivity index (χ0v) is 11.8. The van der Waals surface area contributed by atoms with E-state index in [2.05, 4.69) is 39.5 Å². The van der Waals surface area contributed by atoms with E-state index in [0.29, 0.717) is 6.04 Å². The van der Waals surface area contributed by atoms with Crippen LogP contribution in [0.15, 0.2) is 0 Å². The smallest absolute Gasteiger partial charge is 0.0293 e. The third-order valence-corrected chi connectivity index (χ3v) is 3.91. The Morgan fingerprint density at radius 2 is 2.00 bits per heavy atom. The molecule has 96 valence electrons. The summed E-state index contributed by atoms with van der Waals surface area (Å²) in [6.07, 6.45) is 4.06. The van der Waals surface area contributed by atoms with Gasteiger partial charge in [-0.1, -0.05) is 34.1 Å². The van der Waals surface area contributed by atoms with Crippen LogP contribution in [0.1, 0.15) is 53.9 Å². The van der Waals surface area contributed by atoms with E-state index in [-0.39, 0.29) is 11.5 Å². The van der Waals surface area contributed by atoms with Crippen molar-refractivity contribution in [1.29, 1.82) is 0 Å². The first-order valence-corrected chi connectivity index (χ1v) is 6.86. The molecule has 0 radical (unpaired) electrons. The lowest BCUT2D eigenvalue weighted by Gasteiger charge is -2.46. The Hall–Kier alpha value is -0.0800. The van der Waals surface area contributed by atoms with Gasteiger partial charge in [0.1, 0.15) is 0 Å². The topological polar surface area (TPSA) is 29.3 Å². The van der Waals surface area contributed by atoms with E-state index in [1.807, 2.05) is 0 Å². The van der Waals surface area contributed by atoms with Crippen molar-refractivity contribution in [1.82, 2.24) is 4.90 Å². The molecule has 0 bridgehead atoms. The molecule has 2 heteroatoms. The van der Waals surface area contributed by atoms with Crippen molar-refractivity contribution < 1.29 is 0 Å². The summed E-state index contributed by atoms with van der Waals surface area (Å²) < 4.78 is 0. The van der Waals surface area contributed by atoms with Crippen LogP contribution in [0.3, 0.4) is 0 Å². The highest BCUT2D eigenvalue weighted by Crippen LogP contribution is 2.30. The molecule has 1 aliphatic heterocycles. The van der Waals surface area contributed by atoms with Crippen LogP contribution >= 0.6 is 0 Å². The molecule has 1 heterocycles. The first kappa shape index (κ1) is 14.0. The van der Waals surface area contributed by atoms with Crippen molar-refractivity contribution in [3.05, 3.63) is 0 Å². The summed E-state index contributed by atoms with van der Waals surface area (Å²) in [5, 5.41) is 0. The number of nitrogens with two attached hydrogens (primary N) is 1. The van der Waals surface area contributed by atoms with E-state index in [1.165, 1.54) is 32.4 Å². The highest BCUT2D eigenvalue weighted by molar-refractivity contribution is 4.91. The Morgan fingerprint density at radius 1 is 1.38 bits per heavy atom. The summed E-state index contributed by atoms with van der Waals surface area (Å²) in [6.45, 7) is 13.9. The Morgan fingerprint density at radius 3 is 2.44 bits per heavy atom. The molecule has 1 saturated heterocycles. The first-order chi connectivity index (χ1) is 7.36. The highest BCUT2D eigenvalue weighted by Gasteiger charge is 2.35. The molecule has 1 aliphatic rings. The van der Waals surface area contributed by atoms with Crippen molar-refractivity contribution in [2.24, 2.45) is 17.1 Å². The van der Waals surface area contributed by atoms with E-state index in [1.54, 1.807) is 0 Å². The molecule has 3 atom stereocenters. The lowest BCUT2D eigenvalue weighted by Crippen LogP contribution is -2.56. The molecule has 1 fully saturated rings. The SMILES string of the molecule is CCC1CCCN(C(C(C)N)C(C)(C)C)C1. The van der Waals surface area contributed by atoms with E-state index in [0.717, 1.165) is 5.92 Å². The summed E-state index contributed by atoms with van der Waals surface area (Å²) in [6, 6.07) is 0.775. The maximum atomic E-state index is 6.20. The second-order valence-electron chi connectivity index (χ2n) is 6.58. The highest BCUT2D eigenvalue weighted by atomic mass is 15.2. The van der Waals surface area contributed by atoms with Gasteiger partial charge in [0, 0.05) is 18.6 Å². The zero-order valence-electron chi connectivity index (χ0n) is 11.8. The minimum Gasteiger partial charge on any atom is -0.327 e. The molecule has 1 rings (SSSR count). The number of hydrogen-bond acceptors (Lipinski definition) is 2. The predicted octanol–water partition coefficient (Wildman–Crippen LogP) is 2.87. The monoisotopic (exact) mass is 226 g/mol. The summed E-state index contributed by atoms with van der Waals surface area (Å²) in [4.78, 5) is 2.64. The fraction of sp³-hybridized carbons (Fsp3) is 1.00. The van der Waals surface area contributed by atoms with Crippen LogP contribution in [0.5, 0.6) is 0 Å². The normalized spacial score (nSPS) is 27.8. The van der Waals surface area contributed by atoms with Gasteiger partial charge >= 0.3 is 0 Å². The van der Waals surface area contributed by atoms with Crippen molar-refractivity contribution in [3.63, 3.8) is 0 Å². The van der Waals surface area contributed by atoms with Crippen LogP contribution in [-0.2, 0) is 0 Å². The summed E-state index contributed by atoms with van der Waals surface area (Å²) in [7, 11) is 0. The molecule has 0 amide bonds. The second kappa shape index (κ2) is 5.50. The van der Waals surface area contributed by atoms with Gasteiger partial charge in [-0.25, -0.2) is 0 Å². The molecular formula is C14H30N2. The van der Waals surface area contributed by atoms with Crippen LogP contribution < -0.4 is 5.73 Å². The number of rotatable bonds is 3. The molecule has 3 unspecified atom stereocenters. The molecule has 0 aromatic rings. The van der Waals surface area contributed by atoms with Gasteiger partial charge in [-0.15, -0.1) is 0 Å². The van der Waals surface area contributed by atoms with Gasteiger partial charge in [-0.05, 0) is 37.6 Å². The maximum Gasteiger partial charge on any atom is 0.0293 e. The first-order valence-electron chi connectivity index (χ1n) is 6.86. The third kappa shape index (κ3) is 3.46. The molecule has 2 N–H and O–H groups in total. The number of piperidine rings is 1. The molecular weight excluding hydrogens is 196 g/mol. The van der Waals surface area contributed by atoms with Gasteiger partial charge < -0.3 is 5.73 Å². The molecule has 0 aromatic heterocycles. The van der Waals surface area contributed by atoms with Crippen molar-refractivity contribution in [3.8, 4) is 0 Å². The Balaban J connectivity index is 2.71. The quantitative estimate of drug-likeness (QED) is 0.802. The number of nitrogens with zero attached hydrogens (tertiary/aromatic N) is 1. The molecule has 0 saturated carbocycles. The largest absolute Gasteiger partial charge is 0.327 e. The molecule has 2 nitrogen and oxygen atoms in total. The van der Waals surface area contributed by atoms with Crippen LogP contribution in [0, 0.1) is 11.3 Å². The van der Waals surface area contributed by atoms with E-state index in [9.17, 15) is 0 Å². The van der Waals surface area contributed by atoms with Gasteiger partial charge in [0.15, 0.2) is 0 Å². The van der Waals surface area contributed by atoms with Crippen molar-refractivity contribution in [2.75, 3.05) is 13.1 Å². The van der Waals surface area contributed by atoms with Crippen molar-refractivity contribution >= 4 is 0 Å². The number of hydrogen-bond donors (Lipinski definition) is 1. The predicted molar refractivity (Wildman–Crippen MR) is 71.5 cm³/mol. The van der Waals surface area contributed by atoms with Crippen LogP contribution in [0.25, 0.3) is 0 Å². The number of likely N-dealkylation sites (tertiary alicyclic amines) is 1. The fourth-order valence-corrected chi connectivity index (χ4v) is 3.35. The van der Waals surface area contributed by atoms with E-state index < -0.39 is 0 Å². The molecule has 0 aromatic carbocycles. The zero-order chi connectivity index (χ0) is 12.3. The minimum absolute atomic E-state index is 0.260. The maximum absolute atomic E-state index is 6.20. The third-order valence-electron chi connectivity index (χ3n) is 3.91. The molecule has 0 spiro atoms. The average Bonchev–Trinajstić information content (AvgIpc) is 2.15.